The molecule has 0 saturated carbocycles. The highest BCUT2D eigenvalue weighted by Crippen LogP contribution is 2.25. The average molecular weight is 292 g/mol. The summed E-state index contributed by atoms with van der Waals surface area (Å²) in [6.07, 6.45) is 0. The molecule has 0 heterocycles. The predicted molar refractivity (Wildman–Crippen MR) is 66.5 cm³/mol. The second-order valence-electron chi connectivity index (χ2n) is 3.05. The van der Waals surface area contributed by atoms with E-state index in [2.05, 4.69) is 15.9 Å². The highest BCUT2D eigenvalue weighted by molar-refractivity contribution is 9.10. The molecule has 0 aliphatic carbocycles. The van der Waals surface area contributed by atoms with Crippen LogP contribution in [-0.4, -0.2) is 23.6 Å². The highest BCUT2D eigenvalue weighted by atomic mass is 79.9. The third-order valence-electron chi connectivity index (χ3n) is 1.89. The monoisotopic (exact) mass is 291 g/mol. The van der Waals surface area contributed by atoms with Gasteiger partial charge in [-0.15, -0.1) is 0 Å². The topological polar surface area (TPSA) is 52.3 Å². The number of rotatable bonds is 5. The largest absolute Gasteiger partial charge is 0.496 e. The normalized spacial score (nSPS) is 12.5. The lowest BCUT2D eigenvalue weighted by Gasteiger charge is -2.06. The SMILES string of the molecule is COc1ccc(CS(=O)CCN)cc1Br. The van der Waals surface area contributed by atoms with E-state index in [-0.39, 0.29) is 0 Å². The lowest BCUT2D eigenvalue weighted by molar-refractivity contribution is 0.412. The molecule has 1 unspecified atom stereocenters. The molecular formula is C10H14BrNO2S. The predicted octanol–water partition coefficient (Wildman–Crippen LogP) is 1.67. The number of nitrogens with two attached hydrogens (primary N) is 1. The molecule has 2 N–H and O–H groups in total. The van der Waals surface area contributed by atoms with Gasteiger partial charge in [-0.25, -0.2) is 0 Å². The van der Waals surface area contributed by atoms with Crippen molar-refractivity contribution in [2.24, 2.45) is 5.73 Å². The summed E-state index contributed by atoms with van der Waals surface area (Å²) in [5, 5.41) is 0. The highest BCUT2D eigenvalue weighted by Gasteiger charge is 2.04. The van der Waals surface area contributed by atoms with Gasteiger partial charge in [0.2, 0.25) is 0 Å². The van der Waals surface area contributed by atoms with Crippen molar-refractivity contribution in [3.05, 3.63) is 28.2 Å². The summed E-state index contributed by atoms with van der Waals surface area (Å²) >= 11 is 3.39. The maximum atomic E-state index is 11.5. The van der Waals surface area contributed by atoms with E-state index in [9.17, 15) is 4.21 Å². The molecule has 0 radical (unpaired) electrons. The third-order valence-corrected chi connectivity index (χ3v) is 3.86. The van der Waals surface area contributed by atoms with Gasteiger partial charge in [-0.3, -0.25) is 4.21 Å². The molecule has 84 valence electrons. The molecule has 0 aliphatic heterocycles. The average Bonchev–Trinajstić information content (AvgIpc) is 2.18. The first-order valence-corrected chi connectivity index (χ1v) is 6.83. The van der Waals surface area contributed by atoms with E-state index >= 15 is 0 Å². The van der Waals surface area contributed by atoms with Crippen molar-refractivity contribution in [2.45, 2.75) is 5.75 Å². The Morgan fingerprint density at radius 1 is 1.53 bits per heavy atom. The fraction of sp³-hybridized carbons (Fsp3) is 0.400. The molecule has 0 bridgehead atoms. The first-order chi connectivity index (χ1) is 7.17. The van der Waals surface area contributed by atoms with Crippen molar-refractivity contribution in [3.8, 4) is 5.75 Å². The van der Waals surface area contributed by atoms with E-state index in [1.54, 1.807) is 7.11 Å². The zero-order valence-corrected chi connectivity index (χ0v) is 10.9. The summed E-state index contributed by atoms with van der Waals surface area (Å²) in [6, 6.07) is 5.70. The number of halogens is 1. The molecule has 0 fully saturated rings. The molecule has 5 heteroatoms. The summed E-state index contributed by atoms with van der Waals surface area (Å²) < 4.78 is 17.5. The molecule has 1 aromatic rings. The summed E-state index contributed by atoms with van der Waals surface area (Å²) in [7, 11) is 0.743. The first-order valence-electron chi connectivity index (χ1n) is 4.55. The van der Waals surface area contributed by atoms with Crippen molar-refractivity contribution in [2.75, 3.05) is 19.4 Å². The van der Waals surface area contributed by atoms with Crippen LogP contribution in [0.4, 0.5) is 0 Å². The molecule has 0 aromatic heterocycles. The first kappa shape index (κ1) is 12.7. The van der Waals surface area contributed by atoms with Gasteiger partial charge in [-0.2, -0.15) is 0 Å². The Balaban J connectivity index is 2.71. The number of methoxy groups -OCH3 is 1. The van der Waals surface area contributed by atoms with Crippen LogP contribution in [0.15, 0.2) is 22.7 Å². The summed E-state index contributed by atoms with van der Waals surface area (Å²) in [5.74, 6) is 1.87. The van der Waals surface area contributed by atoms with Gasteiger partial charge in [0.1, 0.15) is 5.75 Å². The van der Waals surface area contributed by atoms with Gasteiger partial charge in [0, 0.05) is 28.9 Å². The summed E-state index contributed by atoms with van der Waals surface area (Å²) in [6.45, 7) is 0.462. The van der Waals surface area contributed by atoms with Crippen molar-refractivity contribution < 1.29 is 8.95 Å². The molecule has 1 aromatic carbocycles. The maximum absolute atomic E-state index is 11.5. The summed E-state index contributed by atoms with van der Waals surface area (Å²) in [5.41, 5.74) is 6.36. The molecule has 1 atom stereocenters. The third kappa shape index (κ3) is 3.93. The van der Waals surface area contributed by atoms with Crippen LogP contribution in [0.25, 0.3) is 0 Å². The van der Waals surface area contributed by atoms with Crippen molar-refractivity contribution in [1.29, 1.82) is 0 Å². The quantitative estimate of drug-likeness (QED) is 0.898. The van der Waals surface area contributed by atoms with E-state index in [1.165, 1.54) is 0 Å². The summed E-state index contributed by atoms with van der Waals surface area (Å²) in [4.78, 5) is 0. The fourth-order valence-electron chi connectivity index (χ4n) is 1.19. The van der Waals surface area contributed by atoms with Crippen molar-refractivity contribution in [3.63, 3.8) is 0 Å². The Bertz CT molecular complexity index is 357. The number of hydrogen-bond donors (Lipinski definition) is 1. The molecule has 0 saturated heterocycles. The molecule has 0 spiro atoms. The fourth-order valence-corrected chi connectivity index (χ4v) is 2.74. The van der Waals surface area contributed by atoms with Crippen LogP contribution in [0.5, 0.6) is 5.75 Å². The van der Waals surface area contributed by atoms with Crippen LogP contribution in [0.1, 0.15) is 5.56 Å². The second kappa shape index (κ2) is 6.25. The van der Waals surface area contributed by atoms with Gasteiger partial charge in [-0.1, -0.05) is 6.07 Å². The van der Waals surface area contributed by atoms with Crippen LogP contribution in [-0.2, 0) is 16.6 Å². The van der Waals surface area contributed by atoms with Gasteiger partial charge in [0.25, 0.3) is 0 Å². The van der Waals surface area contributed by atoms with E-state index in [0.29, 0.717) is 18.1 Å². The van der Waals surface area contributed by atoms with E-state index < -0.39 is 10.8 Å². The molecule has 0 aliphatic rings. The van der Waals surface area contributed by atoms with E-state index in [0.717, 1.165) is 15.8 Å². The zero-order valence-electron chi connectivity index (χ0n) is 8.53. The van der Waals surface area contributed by atoms with Crippen molar-refractivity contribution >= 4 is 26.7 Å². The molecule has 0 amide bonds. The Kier molecular flexibility index (Phi) is 5.28. The van der Waals surface area contributed by atoms with Crippen LogP contribution in [0.2, 0.25) is 0 Å². The molecule has 1 rings (SSSR count). The number of benzene rings is 1. The van der Waals surface area contributed by atoms with Gasteiger partial charge in [0.15, 0.2) is 0 Å². The lowest BCUT2D eigenvalue weighted by atomic mass is 10.2. The van der Waals surface area contributed by atoms with Crippen LogP contribution in [0, 0.1) is 0 Å². The Hall–Kier alpha value is -0.390. The van der Waals surface area contributed by atoms with Crippen LogP contribution < -0.4 is 10.5 Å². The smallest absolute Gasteiger partial charge is 0.133 e. The van der Waals surface area contributed by atoms with Gasteiger partial charge < -0.3 is 10.5 Å². The Labute approximate surface area is 101 Å². The standard InChI is InChI=1S/C10H14BrNO2S/c1-14-10-3-2-8(6-9(10)11)7-15(13)5-4-12/h2-3,6H,4-5,7,12H2,1H3. The Morgan fingerprint density at radius 3 is 2.80 bits per heavy atom. The number of ether oxygens (including phenoxy) is 1. The van der Waals surface area contributed by atoms with Crippen LogP contribution in [0.3, 0.4) is 0 Å². The number of hydrogen-bond acceptors (Lipinski definition) is 3. The van der Waals surface area contributed by atoms with Crippen LogP contribution >= 0.6 is 15.9 Å². The van der Waals surface area contributed by atoms with Gasteiger partial charge in [-0.05, 0) is 33.6 Å². The van der Waals surface area contributed by atoms with Crippen molar-refractivity contribution in [1.82, 2.24) is 0 Å². The minimum Gasteiger partial charge on any atom is -0.496 e. The zero-order chi connectivity index (χ0) is 11.3. The molecular weight excluding hydrogens is 278 g/mol. The van der Waals surface area contributed by atoms with E-state index in [1.807, 2.05) is 18.2 Å². The van der Waals surface area contributed by atoms with Gasteiger partial charge >= 0.3 is 0 Å². The molecule has 3 nitrogen and oxygen atoms in total. The van der Waals surface area contributed by atoms with E-state index in [4.69, 9.17) is 10.5 Å². The molecule has 15 heavy (non-hydrogen) atoms. The Morgan fingerprint density at radius 2 is 2.27 bits per heavy atom. The maximum Gasteiger partial charge on any atom is 0.133 e. The van der Waals surface area contributed by atoms with Gasteiger partial charge in [0.05, 0.1) is 11.6 Å². The lowest BCUT2D eigenvalue weighted by Crippen LogP contribution is -2.11. The second-order valence-corrected chi connectivity index (χ2v) is 5.48. The minimum absolute atomic E-state index is 0.462. The minimum atomic E-state index is -0.875.